The molecule has 0 aliphatic rings. The number of hydrogen-bond donors (Lipinski definition) is 2. The highest BCUT2D eigenvalue weighted by atomic mass is 32.1. The summed E-state index contributed by atoms with van der Waals surface area (Å²) in [6.07, 6.45) is -4.08. The number of hydrogen-bond acceptors (Lipinski definition) is 3. The van der Waals surface area contributed by atoms with Crippen LogP contribution < -0.4 is 10.6 Å². The summed E-state index contributed by atoms with van der Waals surface area (Å²) in [5.74, 6) is 0.119. The quantitative estimate of drug-likeness (QED) is 0.489. The zero-order valence-electron chi connectivity index (χ0n) is 12.8. The van der Waals surface area contributed by atoms with Crippen LogP contribution in [0.15, 0.2) is 34.6 Å². The van der Waals surface area contributed by atoms with Gasteiger partial charge in [0, 0.05) is 37.5 Å². The monoisotopic (exact) mass is 360 g/mol. The second-order valence-electron chi connectivity index (χ2n) is 4.82. The number of thiazole rings is 1. The molecule has 0 saturated heterocycles. The summed E-state index contributed by atoms with van der Waals surface area (Å²) in [5.41, 5.74) is -0.375. The van der Waals surface area contributed by atoms with Crippen LogP contribution in [0, 0.1) is 5.82 Å². The first-order valence-electron chi connectivity index (χ1n) is 7.09. The number of nitrogens with one attached hydrogen (secondary N) is 2. The lowest BCUT2D eigenvalue weighted by molar-refractivity contribution is -0.140. The first-order chi connectivity index (χ1) is 11.4. The third-order valence-corrected chi connectivity index (χ3v) is 4.01. The summed E-state index contributed by atoms with van der Waals surface area (Å²) in [5, 5.41) is 7.29. The molecule has 1 aromatic heterocycles. The number of benzene rings is 1. The predicted molar refractivity (Wildman–Crippen MR) is 85.4 cm³/mol. The zero-order chi connectivity index (χ0) is 17.6. The fourth-order valence-electron chi connectivity index (χ4n) is 1.89. The predicted octanol–water partition coefficient (Wildman–Crippen LogP) is 3.21. The summed E-state index contributed by atoms with van der Waals surface area (Å²) < 4.78 is 50.9. The van der Waals surface area contributed by atoms with Gasteiger partial charge < -0.3 is 10.6 Å². The minimum atomic E-state index is -4.42. The van der Waals surface area contributed by atoms with Gasteiger partial charge in [0.05, 0.1) is 5.01 Å². The van der Waals surface area contributed by atoms with E-state index in [9.17, 15) is 17.6 Å². The van der Waals surface area contributed by atoms with Crippen LogP contribution in [0.2, 0.25) is 0 Å². The molecule has 2 aromatic rings. The van der Waals surface area contributed by atoms with E-state index >= 15 is 0 Å². The van der Waals surface area contributed by atoms with Crippen molar-refractivity contribution in [2.45, 2.75) is 19.1 Å². The Hall–Kier alpha value is -2.16. The number of aromatic nitrogens is 1. The van der Waals surface area contributed by atoms with Crippen molar-refractivity contribution >= 4 is 17.3 Å². The standard InChI is InChI=1S/C15H16F4N4S/c1-20-14(22-8-10-4-2-3-5-11(10)16)21-7-6-13-23-12(9-24-13)15(17,18)19/h2-5,9H,6-8H2,1H3,(H2,20,21,22). The van der Waals surface area contributed by atoms with Crippen molar-refractivity contribution in [1.82, 2.24) is 15.6 Å². The van der Waals surface area contributed by atoms with Crippen molar-refractivity contribution in [3.05, 3.63) is 51.7 Å². The van der Waals surface area contributed by atoms with E-state index in [1.165, 1.54) is 6.07 Å². The van der Waals surface area contributed by atoms with E-state index in [4.69, 9.17) is 0 Å². The van der Waals surface area contributed by atoms with Gasteiger partial charge >= 0.3 is 6.18 Å². The molecule has 130 valence electrons. The molecule has 1 heterocycles. The van der Waals surface area contributed by atoms with E-state index in [2.05, 4.69) is 20.6 Å². The molecule has 2 rings (SSSR count). The van der Waals surface area contributed by atoms with Gasteiger partial charge in [-0.3, -0.25) is 4.99 Å². The van der Waals surface area contributed by atoms with Crippen LogP contribution >= 0.6 is 11.3 Å². The summed E-state index contributed by atoms with van der Waals surface area (Å²) in [4.78, 5) is 7.54. The molecule has 1 aromatic carbocycles. The first-order valence-corrected chi connectivity index (χ1v) is 7.97. The van der Waals surface area contributed by atoms with Crippen LogP contribution in [0.5, 0.6) is 0 Å². The number of nitrogens with zero attached hydrogens (tertiary/aromatic N) is 2. The van der Waals surface area contributed by atoms with Crippen molar-refractivity contribution in [1.29, 1.82) is 0 Å². The molecule has 0 bridgehead atoms. The molecular weight excluding hydrogens is 344 g/mol. The third-order valence-electron chi connectivity index (χ3n) is 3.10. The third kappa shape index (κ3) is 5.19. The highest BCUT2D eigenvalue weighted by molar-refractivity contribution is 7.09. The Morgan fingerprint density at radius 2 is 2.00 bits per heavy atom. The van der Waals surface area contributed by atoms with Gasteiger partial charge in [-0.15, -0.1) is 11.3 Å². The van der Waals surface area contributed by atoms with E-state index in [-0.39, 0.29) is 12.4 Å². The Morgan fingerprint density at radius 1 is 1.25 bits per heavy atom. The normalized spacial score (nSPS) is 12.3. The van der Waals surface area contributed by atoms with Crippen molar-refractivity contribution in [2.75, 3.05) is 13.6 Å². The minimum absolute atomic E-state index is 0.252. The van der Waals surface area contributed by atoms with E-state index < -0.39 is 11.9 Å². The van der Waals surface area contributed by atoms with Crippen molar-refractivity contribution in [3.63, 3.8) is 0 Å². The maximum absolute atomic E-state index is 13.5. The average Bonchev–Trinajstić information content (AvgIpc) is 3.01. The van der Waals surface area contributed by atoms with Crippen LogP contribution in [0.25, 0.3) is 0 Å². The van der Waals surface area contributed by atoms with E-state index in [0.717, 1.165) is 16.7 Å². The zero-order valence-corrected chi connectivity index (χ0v) is 13.6. The summed E-state index contributed by atoms with van der Waals surface area (Å²) >= 11 is 0.967. The summed E-state index contributed by atoms with van der Waals surface area (Å²) in [6, 6.07) is 6.36. The van der Waals surface area contributed by atoms with Crippen molar-refractivity contribution in [2.24, 2.45) is 4.99 Å². The second kappa shape index (κ2) is 8.09. The SMILES string of the molecule is CN=C(NCCc1nc(C(F)(F)F)cs1)NCc1ccccc1F. The molecule has 0 unspecified atom stereocenters. The molecule has 4 nitrogen and oxygen atoms in total. The van der Waals surface area contributed by atoms with Crippen LogP contribution in [0.1, 0.15) is 16.3 Å². The molecule has 0 saturated carbocycles. The number of rotatable bonds is 5. The average molecular weight is 360 g/mol. The Kier molecular flexibility index (Phi) is 6.13. The highest BCUT2D eigenvalue weighted by Gasteiger charge is 2.33. The Labute approximate surface area is 140 Å². The van der Waals surface area contributed by atoms with Gasteiger partial charge in [0.25, 0.3) is 0 Å². The lowest BCUT2D eigenvalue weighted by Gasteiger charge is -2.11. The molecule has 0 atom stereocenters. The molecule has 9 heteroatoms. The van der Waals surface area contributed by atoms with Gasteiger partial charge in [0.1, 0.15) is 5.82 Å². The maximum Gasteiger partial charge on any atom is 0.434 e. The largest absolute Gasteiger partial charge is 0.434 e. The van der Waals surface area contributed by atoms with E-state index in [0.29, 0.717) is 29.5 Å². The fourth-order valence-corrected chi connectivity index (χ4v) is 2.69. The number of halogens is 4. The van der Waals surface area contributed by atoms with E-state index in [1.807, 2.05) is 0 Å². The van der Waals surface area contributed by atoms with Crippen LogP contribution in [0.3, 0.4) is 0 Å². The van der Waals surface area contributed by atoms with Gasteiger partial charge in [0.2, 0.25) is 0 Å². The Bertz CT molecular complexity index is 697. The molecule has 0 spiro atoms. The fraction of sp³-hybridized carbons (Fsp3) is 0.333. The molecule has 0 aliphatic heterocycles. The van der Waals surface area contributed by atoms with Gasteiger partial charge in [-0.2, -0.15) is 13.2 Å². The lowest BCUT2D eigenvalue weighted by Crippen LogP contribution is -2.38. The minimum Gasteiger partial charge on any atom is -0.356 e. The molecule has 0 amide bonds. The molecule has 2 N–H and O–H groups in total. The van der Waals surface area contributed by atoms with Crippen molar-refractivity contribution < 1.29 is 17.6 Å². The lowest BCUT2D eigenvalue weighted by atomic mass is 10.2. The molecule has 0 aliphatic carbocycles. The number of guanidine groups is 1. The van der Waals surface area contributed by atoms with E-state index in [1.54, 1.807) is 25.2 Å². The first kappa shape index (κ1) is 18.2. The molecule has 24 heavy (non-hydrogen) atoms. The maximum atomic E-state index is 13.5. The van der Waals surface area contributed by atoms with Crippen LogP contribution in [-0.4, -0.2) is 24.5 Å². The second-order valence-corrected chi connectivity index (χ2v) is 5.76. The highest BCUT2D eigenvalue weighted by Crippen LogP contribution is 2.29. The topological polar surface area (TPSA) is 49.3 Å². The number of aliphatic imine (C=N–C) groups is 1. The Morgan fingerprint density at radius 3 is 2.62 bits per heavy atom. The van der Waals surface area contributed by atoms with Gasteiger partial charge in [-0.25, -0.2) is 9.37 Å². The number of alkyl halides is 3. The van der Waals surface area contributed by atoms with Gasteiger partial charge in [-0.1, -0.05) is 18.2 Å². The molecular formula is C15H16F4N4S. The van der Waals surface area contributed by atoms with Crippen LogP contribution in [-0.2, 0) is 19.1 Å². The summed E-state index contributed by atoms with van der Waals surface area (Å²) in [7, 11) is 1.56. The molecule has 0 fully saturated rings. The smallest absolute Gasteiger partial charge is 0.356 e. The molecule has 0 radical (unpaired) electrons. The van der Waals surface area contributed by atoms with Gasteiger partial charge in [-0.05, 0) is 6.07 Å². The summed E-state index contributed by atoms with van der Waals surface area (Å²) in [6.45, 7) is 0.615. The van der Waals surface area contributed by atoms with Crippen molar-refractivity contribution in [3.8, 4) is 0 Å². The Balaban J connectivity index is 1.80. The van der Waals surface area contributed by atoms with Crippen LogP contribution in [0.4, 0.5) is 17.6 Å². The van der Waals surface area contributed by atoms with Gasteiger partial charge in [0.15, 0.2) is 11.7 Å².